The van der Waals surface area contributed by atoms with Gasteiger partial charge in [-0.25, -0.2) is 0 Å². The van der Waals surface area contributed by atoms with Gasteiger partial charge in [0.2, 0.25) is 5.91 Å². The van der Waals surface area contributed by atoms with Gasteiger partial charge in [0.15, 0.2) is 12.6 Å². The van der Waals surface area contributed by atoms with Crippen molar-refractivity contribution in [3.8, 4) is 0 Å². The van der Waals surface area contributed by atoms with Crippen LogP contribution >= 0.6 is 0 Å². The standard InChI is InChI=1S/C65H113NO13/c1-3-5-7-9-11-13-15-17-19-21-23-25-26-27-29-30-32-34-36-38-40-42-44-46-48-54(69)53(52-76-64-62(75)60(73)63(56(51-68)78-64)79-65-61(74)59(72)58(71)55(50-67)77-65)66-57(70)49-47-45-43-41-39-37-35-33-31-28-24-22-20-18-16-14-12-10-8-6-4-2/h6,8,12,14,18,20,24,28,33,35,39,41,46,48,53-56,58-65,67-69,71-75H,3-5,7,9-11,13,15-17,19,21-23,25-27,29-32,34,36-38,40,42-45,47,49-52H2,1-2H3,(H,66,70)/b8-6-,14-12-,20-18-,28-24-,35-33-,41-39-,48-46+. The smallest absolute Gasteiger partial charge is 0.220 e. The van der Waals surface area contributed by atoms with Crippen molar-refractivity contribution >= 4 is 5.91 Å². The molecule has 0 aromatic rings. The molecule has 0 spiro atoms. The van der Waals surface area contributed by atoms with Crippen LogP contribution in [0, 0.1) is 0 Å². The largest absolute Gasteiger partial charge is 0.394 e. The average Bonchev–Trinajstić information content (AvgIpc) is 3.47. The molecule has 1 amide bonds. The Morgan fingerprint density at radius 2 is 0.873 bits per heavy atom. The monoisotopic (exact) mass is 1120 g/mol. The van der Waals surface area contributed by atoms with Crippen molar-refractivity contribution in [3.63, 3.8) is 0 Å². The van der Waals surface area contributed by atoms with Gasteiger partial charge in [0.25, 0.3) is 0 Å². The van der Waals surface area contributed by atoms with E-state index in [-0.39, 0.29) is 18.9 Å². The summed E-state index contributed by atoms with van der Waals surface area (Å²) in [7, 11) is 0. The molecule has 2 fully saturated rings. The third-order valence-electron chi connectivity index (χ3n) is 14.8. The summed E-state index contributed by atoms with van der Waals surface area (Å²) in [5.74, 6) is -0.283. The highest BCUT2D eigenvalue weighted by molar-refractivity contribution is 5.76. The maximum absolute atomic E-state index is 13.3. The molecule has 0 aliphatic carbocycles. The van der Waals surface area contributed by atoms with E-state index >= 15 is 0 Å². The lowest BCUT2D eigenvalue weighted by Crippen LogP contribution is -2.65. The van der Waals surface area contributed by atoms with Crippen LogP contribution in [-0.4, -0.2) is 140 Å². The minimum atomic E-state index is -1.80. The molecule has 14 nitrogen and oxygen atoms in total. The van der Waals surface area contributed by atoms with Crippen LogP contribution in [0.5, 0.6) is 0 Å². The average molecular weight is 1120 g/mol. The number of hydrogen-bond donors (Lipinski definition) is 9. The zero-order chi connectivity index (χ0) is 57.4. The Balaban J connectivity index is 1.78. The van der Waals surface area contributed by atoms with Gasteiger partial charge in [-0.1, -0.05) is 234 Å². The van der Waals surface area contributed by atoms with E-state index < -0.39 is 86.8 Å². The Morgan fingerprint density at radius 3 is 1.34 bits per heavy atom. The van der Waals surface area contributed by atoms with E-state index in [0.29, 0.717) is 6.42 Å². The second-order valence-electron chi connectivity index (χ2n) is 21.8. The lowest BCUT2D eigenvalue weighted by atomic mass is 9.97. The molecule has 2 saturated heterocycles. The quantitative estimate of drug-likeness (QED) is 0.0204. The maximum Gasteiger partial charge on any atom is 0.220 e. The number of unbranched alkanes of at least 4 members (excludes halogenated alkanes) is 24. The van der Waals surface area contributed by atoms with Crippen LogP contribution in [-0.2, 0) is 23.7 Å². The Morgan fingerprint density at radius 1 is 0.468 bits per heavy atom. The Bertz CT molecular complexity index is 1650. The topological polar surface area (TPSA) is 228 Å². The first-order valence-corrected chi connectivity index (χ1v) is 31.3. The second kappa shape index (κ2) is 49.8. The normalized spacial score (nSPS) is 25.0. The lowest BCUT2D eigenvalue weighted by Gasteiger charge is -2.46. The summed E-state index contributed by atoms with van der Waals surface area (Å²) in [5.41, 5.74) is 0. The van der Waals surface area contributed by atoms with E-state index in [9.17, 15) is 45.6 Å². The predicted molar refractivity (Wildman–Crippen MR) is 318 cm³/mol. The van der Waals surface area contributed by atoms with Crippen molar-refractivity contribution < 1.29 is 64.6 Å². The molecule has 0 aromatic heterocycles. The van der Waals surface area contributed by atoms with Crippen molar-refractivity contribution in [1.29, 1.82) is 0 Å². The molecular weight excluding hydrogens is 1000 g/mol. The summed E-state index contributed by atoms with van der Waals surface area (Å²) in [5, 5.41) is 87.2. The second-order valence-corrected chi connectivity index (χ2v) is 21.8. The van der Waals surface area contributed by atoms with Gasteiger partial charge in [-0.2, -0.15) is 0 Å². The summed E-state index contributed by atoms with van der Waals surface area (Å²) in [6, 6.07) is -0.944. The van der Waals surface area contributed by atoms with Gasteiger partial charge in [0, 0.05) is 6.42 Å². The van der Waals surface area contributed by atoms with Gasteiger partial charge in [-0.05, 0) is 70.6 Å². The van der Waals surface area contributed by atoms with E-state index in [1.807, 2.05) is 6.08 Å². The number of aliphatic hydroxyl groups is 8. The number of aliphatic hydroxyl groups excluding tert-OH is 8. The minimum Gasteiger partial charge on any atom is -0.394 e. The van der Waals surface area contributed by atoms with Gasteiger partial charge in [0.05, 0.1) is 32.0 Å². The van der Waals surface area contributed by atoms with Crippen molar-refractivity contribution in [2.75, 3.05) is 19.8 Å². The number of rotatable bonds is 49. The molecule has 0 saturated carbocycles. The fraction of sp³-hybridized carbons (Fsp3) is 0.769. The van der Waals surface area contributed by atoms with Crippen LogP contribution in [0.4, 0.5) is 0 Å². The van der Waals surface area contributed by atoms with Gasteiger partial charge >= 0.3 is 0 Å². The molecule has 2 heterocycles. The zero-order valence-electron chi connectivity index (χ0n) is 49.1. The summed E-state index contributed by atoms with van der Waals surface area (Å²) >= 11 is 0. The SMILES string of the molecule is CC/C=C\C/C=C\C/C=C\C/C=C\C/C=C\C/C=C\CCCCC(=O)NC(COC1OC(CO)C(OC2OC(CO)C(O)C(O)C2O)C(O)C1O)C(O)/C=C/CCCCCCCCCCCCCCCCCCCCCCCC. The molecule has 0 radical (unpaired) electrons. The highest BCUT2D eigenvalue weighted by atomic mass is 16.7. The number of amides is 1. The van der Waals surface area contributed by atoms with Crippen molar-refractivity contribution in [2.45, 2.75) is 299 Å². The first-order valence-electron chi connectivity index (χ1n) is 31.3. The summed E-state index contributed by atoms with van der Waals surface area (Å²) in [6.07, 6.45) is 50.5. The highest BCUT2D eigenvalue weighted by Gasteiger charge is 2.51. The molecule has 2 aliphatic heterocycles. The fourth-order valence-corrected chi connectivity index (χ4v) is 9.82. The zero-order valence-corrected chi connectivity index (χ0v) is 49.1. The third-order valence-corrected chi connectivity index (χ3v) is 14.8. The van der Waals surface area contributed by atoms with E-state index in [1.165, 1.54) is 128 Å². The highest BCUT2D eigenvalue weighted by Crippen LogP contribution is 2.30. The molecule has 2 rings (SSSR count). The maximum atomic E-state index is 13.3. The van der Waals surface area contributed by atoms with E-state index in [2.05, 4.69) is 92.1 Å². The Labute approximate surface area is 478 Å². The van der Waals surface area contributed by atoms with Crippen LogP contribution in [0.2, 0.25) is 0 Å². The number of nitrogens with one attached hydrogen (secondary N) is 1. The molecule has 14 heteroatoms. The van der Waals surface area contributed by atoms with Gasteiger partial charge in [-0.3, -0.25) is 4.79 Å². The van der Waals surface area contributed by atoms with E-state index in [0.717, 1.165) is 70.6 Å². The third kappa shape index (κ3) is 35.0. The predicted octanol–water partition coefficient (Wildman–Crippen LogP) is 11.3. The van der Waals surface area contributed by atoms with Crippen LogP contribution in [0.1, 0.15) is 226 Å². The molecule has 0 bridgehead atoms. The Kier molecular flexibility index (Phi) is 45.5. The van der Waals surface area contributed by atoms with E-state index in [1.54, 1.807) is 6.08 Å². The molecular formula is C65H113NO13. The van der Waals surface area contributed by atoms with Gasteiger partial charge < -0.3 is 65.1 Å². The number of allylic oxidation sites excluding steroid dienone is 13. The molecule has 2 aliphatic rings. The van der Waals surface area contributed by atoms with Crippen LogP contribution < -0.4 is 5.32 Å². The summed E-state index contributed by atoms with van der Waals surface area (Å²) in [4.78, 5) is 13.3. The Hall–Kier alpha value is -2.83. The molecule has 9 N–H and O–H groups in total. The lowest BCUT2D eigenvalue weighted by molar-refractivity contribution is -0.359. The van der Waals surface area contributed by atoms with Crippen molar-refractivity contribution in [1.82, 2.24) is 5.32 Å². The number of hydrogen-bond acceptors (Lipinski definition) is 13. The molecule has 79 heavy (non-hydrogen) atoms. The summed E-state index contributed by atoms with van der Waals surface area (Å²) in [6.45, 7) is 2.66. The first-order chi connectivity index (χ1) is 38.6. The minimum absolute atomic E-state index is 0.222. The number of carbonyl (C=O) groups excluding carboxylic acids is 1. The van der Waals surface area contributed by atoms with Crippen LogP contribution in [0.15, 0.2) is 85.1 Å². The molecule has 12 atom stereocenters. The molecule has 12 unspecified atom stereocenters. The van der Waals surface area contributed by atoms with Crippen molar-refractivity contribution in [3.05, 3.63) is 85.1 Å². The molecule has 0 aromatic carbocycles. The van der Waals surface area contributed by atoms with Crippen LogP contribution in [0.3, 0.4) is 0 Å². The van der Waals surface area contributed by atoms with Gasteiger partial charge in [-0.15, -0.1) is 0 Å². The number of ether oxygens (including phenoxy) is 4. The summed E-state index contributed by atoms with van der Waals surface area (Å²) < 4.78 is 22.8. The van der Waals surface area contributed by atoms with Crippen molar-refractivity contribution in [2.24, 2.45) is 0 Å². The van der Waals surface area contributed by atoms with Gasteiger partial charge in [0.1, 0.15) is 48.8 Å². The molecule has 456 valence electrons. The first kappa shape index (κ1) is 72.3. The number of carbonyl (C=O) groups is 1. The van der Waals surface area contributed by atoms with Crippen LogP contribution in [0.25, 0.3) is 0 Å². The fourth-order valence-electron chi connectivity index (χ4n) is 9.82. The van der Waals surface area contributed by atoms with E-state index in [4.69, 9.17) is 18.9 Å².